The molecule has 0 bridgehead atoms. The standard InChI is InChI=1S/C19H19NOS2/c1-14-6-2-4-8-17(14)23-13-19(21)20-11-10-15-12-22-18-9-5-3-7-16(15)18/h2-9,12H,10-11,13H2,1H3,(H,20,21). The molecule has 0 aliphatic heterocycles. The van der Waals surface area contributed by atoms with Crippen molar-refractivity contribution < 1.29 is 4.79 Å². The van der Waals surface area contributed by atoms with Gasteiger partial charge in [-0.15, -0.1) is 23.1 Å². The van der Waals surface area contributed by atoms with Crippen LogP contribution in [0.5, 0.6) is 0 Å². The average Bonchev–Trinajstić information content (AvgIpc) is 2.98. The van der Waals surface area contributed by atoms with Gasteiger partial charge in [-0.25, -0.2) is 0 Å². The second kappa shape index (κ2) is 7.66. The Morgan fingerprint density at radius 2 is 1.91 bits per heavy atom. The molecule has 0 spiro atoms. The Kier molecular flexibility index (Phi) is 5.36. The Labute approximate surface area is 144 Å². The maximum Gasteiger partial charge on any atom is 0.230 e. The number of aryl methyl sites for hydroxylation is 1. The highest BCUT2D eigenvalue weighted by atomic mass is 32.2. The fourth-order valence-corrected chi connectivity index (χ4v) is 4.33. The van der Waals surface area contributed by atoms with Gasteiger partial charge < -0.3 is 5.32 Å². The zero-order valence-corrected chi connectivity index (χ0v) is 14.7. The number of rotatable bonds is 6. The van der Waals surface area contributed by atoms with Crippen LogP contribution in [0.1, 0.15) is 11.1 Å². The summed E-state index contributed by atoms with van der Waals surface area (Å²) in [6.45, 7) is 2.76. The van der Waals surface area contributed by atoms with Crippen LogP contribution in [0.2, 0.25) is 0 Å². The number of amides is 1. The van der Waals surface area contributed by atoms with Gasteiger partial charge in [0.25, 0.3) is 0 Å². The number of hydrogen-bond donors (Lipinski definition) is 1. The second-order valence-electron chi connectivity index (χ2n) is 5.41. The van der Waals surface area contributed by atoms with Gasteiger partial charge in [0.2, 0.25) is 5.91 Å². The van der Waals surface area contributed by atoms with Gasteiger partial charge in [0.15, 0.2) is 0 Å². The maximum absolute atomic E-state index is 12.0. The molecule has 1 aromatic heterocycles. The van der Waals surface area contributed by atoms with Crippen molar-refractivity contribution in [3.05, 3.63) is 65.0 Å². The molecule has 4 heteroatoms. The van der Waals surface area contributed by atoms with E-state index >= 15 is 0 Å². The summed E-state index contributed by atoms with van der Waals surface area (Å²) in [5.74, 6) is 0.563. The van der Waals surface area contributed by atoms with Crippen LogP contribution in [0, 0.1) is 6.92 Å². The van der Waals surface area contributed by atoms with Gasteiger partial charge in [0.05, 0.1) is 5.75 Å². The van der Waals surface area contributed by atoms with Crippen LogP contribution in [-0.4, -0.2) is 18.2 Å². The van der Waals surface area contributed by atoms with Gasteiger partial charge in [-0.2, -0.15) is 0 Å². The Hall–Kier alpha value is -1.78. The number of benzene rings is 2. The Balaban J connectivity index is 1.47. The SMILES string of the molecule is Cc1ccccc1SCC(=O)NCCc1csc2ccccc12. The maximum atomic E-state index is 12.0. The zero-order valence-electron chi connectivity index (χ0n) is 13.0. The molecular formula is C19H19NOS2. The van der Waals surface area contributed by atoms with Crippen LogP contribution < -0.4 is 5.32 Å². The number of thioether (sulfide) groups is 1. The summed E-state index contributed by atoms with van der Waals surface area (Å²) in [5.41, 5.74) is 2.53. The Morgan fingerprint density at radius 1 is 1.13 bits per heavy atom. The first-order chi connectivity index (χ1) is 11.2. The molecule has 0 saturated heterocycles. The van der Waals surface area contributed by atoms with E-state index in [4.69, 9.17) is 0 Å². The van der Waals surface area contributed by atoms with E-state index in [1.54, 1.807) is 23.1 Å². The summed E-state index contributed by atoms with van der Waals surface area (Å²) < 4.78 is 1.31. The molecule has 0 radical (unpaired) electrons. The molecule has 0 saturated carbocycles. The van der Waals surface area contributed by atoms with E-state index in [0.717, 1.165) is 6.42 Å². The molecule has 3 rings (SSSR count). The quantitative estimate of drug-likeness (QED) is 0.661. The lowest BCUT2D eigenvalue weighted by Gasteiger charge is -2.06. The second-order valence-corrected chi connectivity index (χ2v) is 7.34. The Morgan fingerprint density at radius 3 is 2.78 bits per heavy atom. The molecule has 118 valence electrons. The van der Waals surface area contributed by atoms with Crippen LogP contribution in [0.4, 0.5) is 0 Å². The van der Waals surface area contributed by atoms with Crippen molar-refractivity contribution in [2.45, 2.75) is 18.2 Å². The smallest absolute Gasteiger partial charge is 0.230 e. The van der Waals surface area contributed by atoms with Gasteiger partial charge in [-0.05, 0) is 47.4 Å². The predicted octanol–water partition coefficient (Wildman–Crippen LogP) is 4.66. The fraction of sp³-hybridized carbons (Fsp3) is 0.211. The molecule has 1 amide bonds. The molecular weight excluding hydrogens is 322 g/mol. The number of carbonyl (C=O) groups is 1. The van der Waals surface area contributed by atoms with Crippen molar-refractivity contribution in [1.29, 1.82) is 0 Å². The van der Waals surface area contributed by atoms with Crippen LogP contribution >= 0.6 is 23.1 Å². The first kappa shape index (κ1) is 16.1. The number of fused-ring (bicyclic) bond motifs is 1. The zero-order chi connectivity index (χ0) is 16.1. The molecule has 0 aliphatic carbocycles. The molecule has 0 aliphatic rings. The van der Waals surface area contributed by atoms with Gasteiger partial charge in [-0.1, -0.05) is 36.4 Å². The van der Waals surface area contributed by atoms with Crippen molar-refractivity contribution in [2.75, 3.05) is 12.3 Å². The number of carbonyl (C=O) groups excluding carboxylic acids is 1. The molecule has 1 N–H and O–H groups in total. The van der Waals surface area contributed by atoms with E-state index in [0.29, 0.717) is 12.3 Å². The van der Waals surface area contributed by atoms with E-state index < -0.39 is 0 Å². The molecule has 0 atom stereocenters. The van der Waals surface area contributed by atoms with Crippen molar-refractivity contribution in [2.24, 2.45) is 0 Å². The van der Waals surface area contributed by atoms with Crippen molar-refractivity contribution >= 4 is 39.1 Å². The Bertz CT molecular complexity index is 810. The van der Waals surface area contributed by atoms with Gasteiger partial charge >= 0.3 is 0 Å². The van der Waals surface area contributed by atoms with Crippen molar-refractivity contribution in [3.63, 3.8) is 0 Å². The predicted molar refractivity (Wildman–Crippen MR) is 100 cm³/mol. The molecule has 2 nitrogen and oxygen atoms in total. The van der Waals surface area contributed by atoms with Gasteiger partial charge in [0, 0.05) is 16.1 Å². The number of thiophene rings is 1. The third-order valence-corrected chi connectivity index (χ3v) is 5.92. The summed E-state index contributed by atoms with van der Waals surface area (Å²) in [5, 5.41) is 6.52. The minimum atomic E-state index is 0.0952. The summed E-state index contributed by atoms with van der Waals surface area (Å²) in [6.07, 6.45) is 0.880. The molecule has 3 aromatic rings. The van der Waals surface area contributed by atoms with Gasteiger partial charge in [0.1, 0.15) is 0 Å². The normalized spacial score (nSPS) is 10.8. The average molecular weight is 342 g/mol. The van der Waals surface area contributed by atoms with Crippen LogP contribution in [-0.2, 0) is 11.2 Å². The summed E-state index contributed by atoms with van der Waals surface area (Å²) in [4.78, 5) is 13.2. The largest absolute Gasteiger partial charge is 0.355 e. The van der Waals surface area contributed by atoms with E-state index in [1.165, 1.54) is 26.1 Å². The van der Waals surface area contributed by atoms with Crippen LogP contribution in [0.3, 0.4) is 0 Å². The lowest BCUT2D eigenvalue weighted by Crippen LogP contribution is -2.27. The number of hydrogen-bond acceptors (Lipinski definition) is 3. The van der Waals surface area contributed by atoms with E-state index in [2.05, 4.69) is 54.0 Å². The molecule has 0 fully saturated rings. The monoisotopic (exact) mass is 341 g/mol. The number of nitrogens with one attached hydrogen (secondary N) is 1. The topological polar surface area (TPSA) is 29.1 Å². The highest BCUT2D eigenvalue weighted by molar-refractivity contribution is 8.00. The minimum absolute atomic E-state index is 0.0952. The fourth-order valence-electron chi connectivity index (χ4n) is 2.48. The van der Waals surface area contributed by atoms with E-state index in [1.807, 2.05) is 12.1 Å². The van der Waals surface area contributed by atoms with Crippen molar-refractivity contribution in [3.8, 4) is 0 Å². The highest BCUT2D eigenvalue weighted by Crippen LogP contribution is 2.25. The van der Waals surface area contributed by atoms with Crippen LogP contribution in [0.25, 0.3) is 10.1 Å². The minimum Gasteiger partial charge on any atom is -0.355 e. The highest BCUT2D eigenvalue weighted by Gasteiger charge is 2.06. The third-order valence-electron chi connectivity index (χ3n) is 3.73. The van der Waals surface area contributed by atoms with Crippen LogP contribution in [0.15, 0.2) is 58.8 Å². The lowest BCUT2D eigenvalue weighted by atomic mass is 10.1. The van der Waals surface area contributed by atoms with E-state index in [-0.39, 0.29) is 5.91 Å². The molecule has 0 unspecified atom stereocenters. The summed E-state index contributed by atoms with van der Waals surface area (Å²) in [6, 6.07) is 16.6. The van der Waals surface area contributed by atoms with Crippen molar-refractivity contribution in [1.82, 2.24) is 5.32 Å². The van der Waals surface area contributed by atoms with Gasteiger partial charge in [-0.3, -0.25) is 4.79 Å². The van der Waals surface area contributed by atoms with E-state index in [9.17, 15) is 4.79 Å². The third kappa shape index (κ3) is 4.15. The molecule has 23 heavy (non-hydrogen) atoms. The first-order valence-corrected chi connectivity index (χ1v) is 9.51. The molecule has 2 aromatic carbocycles. The summed E-state index contributed by atoms with van der Waals surface area (Å²) in [7, 11) is 0. The molecule has 1 heterocycles. The lowest BCUT2D eigenvalue weighted by molar-refractivity contribution is -0.118. The first-order valence-electron chi connectivity index (χ1n) is 7.64. The summed E-state index contributed by atoms with van der Waals surface area (Å²) >= 11 is 3.36.